The quantitative estimate of drug-likeness (QED) is 0.630. The number of carbonyl (C=O) groups excluding carboxylic acids is 2. The first kappa shape index (κ1) is 14.1. The molecule has 0 aromatic carbocycles. The summed E-state index contributed by atoms with van der Waals surface area (Å²) in [7, 11) is 0. The van der Waals surface area contributed by atoms with Crippen LogP contribution in [0.15, 0.2) is 11.3 Å². The van der Waals surface area contributed by atoms with Crippen LogP contribution in [0.1, 0.15) is 58.8 Å². The molecule has 1 unspecified atom stereocenters. The predicted molar refractivity (Wildman–Crippen MR) is 70.6 cm³/mol. The second-order valence-corrected chi connectivity index (χ2v) is 5.67. The summed E-state index contributed by atoms with van der Waals surface area (Å²) in [6.07, 6.45) is 5.62. The van der Waals surface area contributed by atoms with E-state index in [0.29, 0.717) is 6.42 Å². The number of ketones is 1. The third kappa shape index (κ3) is 2.40. The molecule has 1 atom stereocenters. The molecule has 1 fully saturated rings. The molecule has 0 amide bonds. The van der Waals surface area contributed by atoms with Crippen molar-refractivity contribution in [2.24, 2.45) is 5.92 Å². The fraction of sp³-hybridized carbons (Fsp3) is 0.733. The van der Waals surface area contributed by atoms with Crippen molar-refractivity contribution >= 4 is 11.8 Å². The molecule has 1 aliphatic heterocycles. The minimum Gasteiger partial charge on any atom is -0.511 e. The van der Waals surface area contributed by atoms with Crippen molar-refractivity contribution in [3.05, 3.63) is 11.3 Å². The number of Topliss-reactive ketones (excluding diaryl/α,β-unsaturated/α-hetero) is 1. The van der Waals surface area contributed by atoms with Crippen molar-refractivity contribution in [3.63, 3.8) is 0 Å². The van der Waals surface area contributed by atoms with E-state index in [9.17, 15) is 14.7 Å². The highest BCUT2D eigenvalue weighted by atomic mass is 16.6. The van der Waals surface area contributed by atoms with Crippen LogP contribution in [0.3, 0.4) is 0 Å². The Balaban J connectivity index is 2.32. The normalized spacial score (nSPS) is 26.4. The van der Waals surface area contributed by atoms with Gasteiger partial charge in [-0.15, -0.1) is 0 Å². The van der Waals surface area contributed by atoms with Crippen LogP contribution in [0.4, 0.5) is 0 Å². The molecule has 0 aromatic rings. The molecule has 2 aliphatic rings. The number of rotatable bonds is 3. The molecular weight excluding hydrogens is 244 g/mol. The summed E-state index contributed by atoms with van der Waals surface area (Å²) in [5.41, 5.74) is -0.708. The molecule has 4 heteroatoms. The summed E-state index contributed by atoms with van der Waals surface area (Å²) >= 11 is 0. The van der Waals surface area contributed by atoms with Crippen molar-refractivity contribution in [2.45, 2.75) is 64.4 Å². The maximum Gasteiger partial charge on any atom is 0.345 e. The van der Waals surface area contributed by atoms with Gasteiger partial charge in [-0.2, -0.15) is 0 Å². The SMILES string of the molecule is CCCC(=O)C1=C(O)C(C)C2(CCCCC2)OC1=O. The Bertz CT molecular complexity index is 416. The molecule has 1 N–H and O–H groups in total. The van der Waals surface area contributed by atoms with Crippen LogP contribution in [0, 0.1) is 5.92 Å². The van der Waals surface area contributed by atoms with Crippen LogP contribution in [0.2, 0.25) is 0 Å². The summed E-state index contributed by atoms with van der Waals surface area (Å²) in [5.74, 6) is -1.27. The number of aliphatic hydroxyl groups excluding tert-OH is 1. The van der Waals surface area contributed by atoms with Crippen LogP contribution in [-0.2, 0) is 14.3 Å². The van der Waals surface area contributed by atoms with Gasteiger partial charge in [0, 0.05) is 6.42 Å². The van der Waals surface area contributed by atoms with Gasteiger partial charge < -0.3 is 9.84 Å². The highest BCUT2D eigenvalue weighted by molar-refractivity contribution is 6.18. The van der Waals surface area contributed by atoms with Crippen LogP contribution >= 0.6 is 0 Å². The van der Waals surface area contributed by atoms with Gasteiger partial charge in [0.1, 0.15) is 16.9 Å². The molecule has 1 saturated carbocycles. The van der Waals surface area contributed by atoms with Crippen molar-refractivity contribution in [1.82, 2.24) is 0 Å². The summed E-state index contributed by atoms with van der Waals surface area (Å²) in [6, 6.07) is 0. The lowest BCUT2D eigenvalue weighted by Gasteiger charge is -2.44. The Morgan fingerprint density at radius 2 is 2.00 bits per heavy atom. The average molecular weight is 266 g/mol. The zero-order valence-corrected chi connectivity index (χ0v) is 11.7. The lowest BCUT2D eigenvalue weighted by atomic mass is 9.73. The molecule has 0 aromatic heterocycles. The Labute approximate surface area is 113 Å². The highest BCUT2D eigenvalue weighted by Gasteiger charge is 2.49. The van der Waals surface area contributed by atoms with Crippen LogP contribution in [0.5, 0.6) is 0 Å². The van der Waals surface area contributed by atoms with Crippen molar-refractivity contribution < 1.29 is 19.4 Å². The minimum atomic E-state index is -0.629. The van der Waals surface area contributed by atoms with E-state index in [1.165, 1.54) is 0 Å². The summed E-state index contributed by atoms with van der Waals surface area (Å²) < 4.78 is 5.60. The fourth-order valence-electron chi connectivity index (χ4n) is 3.19. The van der Waals surface area contributed by atoms with E-state index in [4.69, 9.17) is 4.74 Å². The monoisotopic (exact) mass is 266 g/mol. The van der Waals surface area contributed by atoms with Crippen molar-refractivity contribution in [3.8, 4) is 0 Å². The molecule has 1 heterocycles. The molecule has 0 saturated heterocycles. The number of ether oxygens (including phenoxy) is 1. The zero-order valence-electron chi connectivity index (χ0n) is 11.7. The Hall–Kier alpha value is -1.32. The van der Waals surface area contributed by atoms with E-state index in [-0.39, 0.29) is 29.5 Å². The number of hydrogen-bond donors (Lipinski definition) is 1. The average Bonchev–Trinajstić information content (AvgIpc) is 2.38. The smallest absolute Gasteiger partial charge is 0.345 e. The molecule has 0 bridgehead atoms. The molecule has 106 valence electrons. The second kappa shape index (κ2) is 5.35. The van der Waals surface area contributed by atoms with E-state index in [2.05, 4.69) is 0 Å². The lowest BCUT2D eigenvalue weighted by Crippen LogP contribution is -2.48. The van der Waals surface area contributed by atoms with Gasteiger partial charge in [-0.25, -0.2) is 4.79 Å². The van der Waals surface area contributed by atoms with Crippen LogP contribution in [-0.4, -0.2) is 22.5 Å². The van der Waals surface area contributed by atoms with E-state index in [0.717, 1.165) is 32.1 Å². The maximum atomic E-state index is 12.1. The van der Waals surface area contributed by atoms with E-state index >= 15 is 0 Å². The molecule has 4 nitrogen and oxygen atoms in total. The first-order chi connectivity index (χ1) is 9.02. The number of carbonyl (C=O) groups is 2. The Morgan fingerprint density at radius 1 is 1.37 bits per heavy atom. The standard InChI is InChI=1S/C15H22O4/c1-3-7-11(16)12-13(17)10(2)15(19-14(12)18)8-5-4-6-9-15/h10,17H,3-9H2,1-2H3. The van der Waals surface area contributed by atoms with Gasteiger partial charge in [0.2, 0.25) is 0 Å². The van der Waals surface area contributed by atoms with Gasteiger partial charge >= 0.3 is 5.97 Å². The molecule has 2 rings (SSSR count). The zero-order chi connectivity index (χ0) is 14.0. The Morgan fingerprint density at radius 3 is 2.58 bits per heavy atom. The van der Waals surface area contributed by atoms with Gasteiger partial charge in [-0.1, -0.05) is 20.3 Å². The number of aliphatic hydroxyl groups is 1. The third-order valence-corrected chi connectivity index (χ3v) is 4.41. The highest BCUT2D eigenvalue weighted by Crippen LogP contribution is 2.44. The molecule has 1 spiro atoms. The molecule has 1 aliphatic carbocycles. The predicted octanol–water partition coefficient (Wildman–Crippen LogP) is 3.06. The third-order valence-electron chi connectivity index (χ3n) is 4.41. The first-order valence-electron chi connectivity index (χ1n) is 7.21. The van der Waals surface area contributed by atoms with Gasteiger partial charge in [0.15, 0.2) is 5.78 Å². The fourth-order valence-corrected chi connectivity index (χ4v) is 3.19. The maximum absolute atomic E-state index is 12.1. The summed E-state index contributed by atoms with van der Waals surface area (Å²) in [5, 5.41) is 10.3. The van der Waals surface area contributed by atoms with E-state index in [1.807, 2.05) is 13.8 Å². The lowest BCUT2D eigenvalue weighted by molar-refractivity contribution is -0.170. The van der Waals surface area contributed by atoms with Gasteiger partial charge in [-0.05, 0) is 32.1 Å². The van der Waals surface area contributed by atoms with Crippen molar-refractivity contribution in [1.29, 1.82) is 0 Å². The van der Waals surface area contributed by atoms with Gasteiger partial charge in [0.05, 0.1) is 5.92 Å². The summed E-state index contributed by atoms with van der Waals surface area (Å²) in [6.45, 7) is 3.72. The summed E-state index contributed by atoms with van der Waals surface area (Å²) in [4.78, 5) is 24.0. The van der Waals surface area contributed by atoms with Gasteiger partial charge in [0.25, 0.3) is 0 Å². The molecular formula is C15H22O4. The van der Waals surface area contributed by atoms with E-state index in [1.54, 1.807) is 0 Å². The number of hydrogen-bond acceptors (Lipinski definition) is 4. The topological polar surface area (TPSA) is 63.6 Å². The number of esters is 1. The van der Waals surface area contributed by atoms with E-state index < -0.39 is 11.6 Å². The largest absolute Gasteiger partial charge is 0.511 e. The Kier molecular flexibility index (Phi) is 3.97. The van der Waals surface area contributed by atoms with Crippen molar-refractivity contribution in [2.75, 3.05) is 0 Å². The van der Waals surface area contributed by atoms with Crippen LogP contribution < -0.4 is 0 Å². The van der Waals surface area contributed by atoms with Gasteiger partial charge in [-0.3, -0.25) is 4.79 Å². The molecule has 19 heavy (non-hydrogen) atoms. The molecule has 0 radical (unpaired) electrons. The minimum absolute atomic E-state index is 0.0587. The second-order valence-electron chi connectivity index (χ2n) is 5.67. The van der Waals surface area contributed by atoms with Crippen LogP contribution in [0.25, 0.3) is 0 Å². The first-order valence-corrected chi connectivity index (χ1v) is 7.21.